The second-order valence-corrected chi connectivity index (χ2v) is 7.25. The van der Waals surface area contributed by atoms with Gasteiger partial charge in [0.1, 0.15) is 11.5 Å². The second-order valence-electron chi connectivity index (χ2n) is 6.33. The molecule has 1 amide bonds. The summed E-state index contributed by atoms with van der Waals surface area (Å²) in [5, 5.41) is 10.2. The first-order chi connectivity index (χ1) is 12.1. The monoisotopic (exact) mass is 399 g/mol. The van der Waals surface area contributed by atoms with E-state index in [4.69, 9.17) is 0 Å². The van der Waals surface area contributed by atoms with Gasteiger partial charge in [-0.05, 0) is 31.5 Å². The van der Waals surface area contributed by atoms with Crippen molar-refractivity contribution in [2.45, 2.75) is 32.4 Å². The van der Waals surface area contributed by atoms with E-state index >= 15 is 0 Å². The number of carbonyl (C=O) groups is 1. The highest BCUT2D eigenvalue weighted by Gasteiger charge is 2.22. The number of aromatic amines is 1. The summed E-state index contributed by atoms with van der Waals surface area (Å²) in [6, 6.07) is 9.73. The molecule has 0 radical (unpaired) electrons. The summed E-state index contributed by atoms with van der Waals surface area (Å²) in [5.41, 5.74) is 3.23. The normalized spacial score (nSPS) is 16.5. The van der Waals surface area contributed by atoms with Gasteiger partial charge in [-0.3, -0.25) is 9.89 Å². The van der Waals surface area contributed by atoms with E-state index in [0.29, 0.717) is 5.69 Å². The first kappa shape index (κ1) is 16.1. The van der Waals surface area contributed by atoms with Crippen molar-refractivity contribution in [3.63, 3.8) is 0 Å². The van der Waals surface area contributed by atoms with Crippen LogP contribution in [0, 0.1) is 6.92 Å². The Bertz CT molecular complexity index is 912. The zero-order chi connectivity index (χ0) is 17.4. The number of benzene rings is 1. The fraction of sp³-hybridized carbons (Fsp3) is 0.278. The number of H-pyrrole nitrogens is 1. The third-order valence-electron chi connectivity index (χ3n) is 4.41. The molecule has 6 nitrogen and oxygen atoms in total. The summed E-state index contributed by atoms with van der Waals surface area (Å²) in [5.74, 6) is 0.975. The van der Waals surface area contributed by atoms with Gasteiger partial charge in [-0.15, -0.1) is 0 Å². The Hall–Kier alpha value is -2.41. The van der Waals surface area contributed by atoms with E-state index in [1.165, 1.54) is 0 Å². The molecule has 1 aliphatic heterocycles. The molecule has 1 aromatic carbocycles. The zero-order valence-electron chi connectivity index (χ0n) is 13.8. The zero-order valence-corrected chi connectivity index (χ0v) is 15.4. The Morgan fingerprint density at radius 3 is 2.96 bits per heavy atom. The van der Waals surface area contributed by atoms with Gasteiger partial charge in [0.2, 0.25) is 0 Å². The van der Waals surface area contributed by atoms with Crippen LogP contribution in [-0.2, 0) is 13.0 Å². The van der Waals surface area contributed by atoms with Gasteiger partial charge in [-0.1, -0.05) is 28.1 Å². The molecule has 0 saturated heterocycles. The van der Waals surface area contributed by atoms with Crippen molar-refractivity contribution >= 4 is 21.8 Å². The molecular formula is C18H18BrN5O. The smallest absolute Gasteiger partial charge is 0.269 e. The lowest BCUT2D eigenvalue weighted by atomic mass is 10.1. The standard InChI is InChI=1S/C18H18BrN5O/c1-11-9-24-10-14(6-7-17(24)20-11)21-18(25)16-8-15(22-23-16)12-2-4-13(19)5-3-12/h2-5,8-9,14H,6-7,10H2,1H3,(H,21,25)(H,22,23). The fourth-order valence-corrected chi connectivity index (χ4v) is 3.44. The van der Waals surface area contributed by atoms with Gasteiger partial charge in [0.05, 0.1) is 11.4 Å². The summed E-state index contributed by atoms with van der Waals surface area (Å²) in [7, 11) is 0. The number of imidazole rings is 1. The Kier molecular flexibility index (Phi) is 4.17. The van der Waals surface area contributed by atoms with E-state index in [2.05, 4.69) is 41.0 Å². The maximum absolute atomic E-state index is 12.5. The number of hydrogen-bond donors (Lipinski definition) is 2. The van der Waals surface area contributed by atoms with E-state index < -0.39 is 0 Å². The van der Waals surface area contributed by atoms with Gasteiger partial charge in [0, 0.05) is 35.2 Å². The highest BCUT2D eigenvalue weighted by molar-refractivity contribution is 9.10. The second kappa shape index (κ2) is 6.48. The van der Waals surface area contributed by atoms with Gasteiger partial charge in [-0.25, -0.2) is 4.98 Å². The van der Waals surface area contributed by atoms with Crippen LogP contribution in [0.4, 0.5) is 0 Å². The van der Waals surface area contributed by atoms with Gasteiger partial charge in [0.25, 0.3) is 5.91 Å². The molecule has 2 N–H and O–H groups in total. The summed E-state index contributed by atoms with van der Waals surface area (Å²) in [4.78, 5) is 17.0. The molecule has 1 aliphatic rings. The predicted octanol–water partition coefficient (Wildman–Crippen LogP) is 3.09. The van der Waals surface area contributed by atoms with E-state index in [1.807, 2.05) is 37.4 Å². The fourth-order valence-electron chi connectivity index (χ4n) is 3.17. The summed E-state index contributed by atoms with van der Waals surface area (Å²) in [6.45, 7) is 2.75. The SMILES string of the molecule is Cc1cn2c(n1)CCC(NC(=O)c1cc(-c3ccc(Br)cc3)n[nH]1)C2. The Morgan fingerprint density at radius 1 is 1.36 bits per heavy atom. The molecule has 128 valence electrons. The number of fused-ring (bicyclic) bond motifs is 1. The van der Waals surface area contributed by atoms with Crippen LogP contribution in [0.15, 0.2) is 41.0 Å². The van der Waals surface area contributed by atoms with Crippen molar-refractivity contribution in [2.24, 2.45) is 0 Å². The van der Waals surface area contributed by atoms with Crippen molar-refractivity contribution in [1.82, 2.24) is 25.1 Å². The molecule has 0 bridgehead atoms. The van der Waals surface area contributed by atoms with Crippen LogP contribution >= 0.6 is 15.9 Å². The quantitative estimate of drug-likeness (QED) is 0.710. The van der Waals surface area contributed by atoms with Gasteiger partial charge >= 0.3 is 0 Å². The average molecular weight is 400 g/mol. The molecule has 1 unspecified atom stereocenters. The Balaban J connectivity index is 1.44. The number of hydrogen-bond acceptors (Lipinski definition) is 3. The molecule has 3 heterocycles. The number of nitrogens with one attached hydrogen (secondary N) is 2. The molecule has 0 fully saturated rings. The number of aryl methyl sites for hydroxylation is 2. The third kappa shape index (κ3) is 3.37. The number of rotatable bonds is 3. The molecule has 7 heteroatoms. The van der Waals surface area contributed by atoms with Gasteiger partial charge < -0.3 is 9.88 Å². The molecule has 2 aromatic heterocycles. The molecule has 0 spiro atoms. The van der Waals surface area contributed by atoms with Crippen LogP contribution in [0.1, 0.15) is 28.4 Å². The molecule has 4 rings (SSSR count). The summed E-state index contributed by atoms with van der Waals surface area (Å²) < 4.78 is 3.14. The van der Waals surface area contributed by atoms with Crippen molar-refractivity contribution in [2.75, 3.05) is 0 Å². The lowest BCUT2D eigenvalue weighted by Crippen LogP contribution is -2.41. The minimum atomic E-state index is -0.124. The van der Waals surface area contributed by atoms with E-state index in [0.717, 1.165) is 46.6 Å². The first-order valence-corrected chi connectivity index (χ1v) is 9.02. The van der Waals surface area contributed by atoms with Crippen LogP contribution < -0.4 is 5.32 Å². The van der Waals surface area contributed by atoms with Crippen LogP contribution in [0.2, 0.25) is 0 Å². The van der Waals surface area contributed by atoms with Crippen LogP contribution in [0.3, 0.4) is 0 Å². The lowest BCUT2D eigenvalue weighted by molar-refractivity contribution is 0.0922. The van der Waals surface area contributed by atoms with E-state index in [-0.39, 0.29) is 11.9 Å². The van der Waals surface area contributed by atoms with E-state index in [9.17, 15) is 4.79 Å². The number of carbonyl (C=O) groups excluding carboxylic acids is 1. The largest absolute Gasteiger partial charge is 0.346 e. The Labute approximate surface area is 153 Å². The summed E-state index contributed by atoms with van der Waals surface area (Å²) >= 11 is 3.42. The summed E-state index contributed by atoms with van der Waals surface area (Å²) in [6.07, 6.45) is 3.82. The van der Waals surface area contributed by atoms with Crippen molar-refractivity contribution in [3.05, 3.63) is 58.2 Å². The molecular weight excluding hydrogens is 382 g/mol. The topological polar surface area (TPSA) is 75.6 Å². The minimum Gasteiger partial charge on any atom is -0.346 e. The number of amides is 1. The third-order valence-corrected chi connectivity index (χ3v) is 4.94. The van der Waals surface area contributed by atoms with Crippen LogP contribution in [0.5, 0.6) is 0 Å². The van der Waals surface area contributed by atoms with Crippen molar-refractivity contribution < 1.29 is 4.79 Å². The minimum absolute atomic E-state index is 0.105. The molecule has 25 heavy (non-hydrogen) atoms. The average Bonchev–Trinajstić information content (AvgIpc) is 3.21. The van der Waals surface area contributed by atoms with Crippen LogP contribution in [-0.4, -0.2) is 31.7 Å². The molecule has 3 aromatic rings. The van der Waals surface area contributed by atoms with Gasteiger partial charge in [0.15, 0.2) is 0 Å². The molecule has 0 aliphatic carbocycles. The molecule has 0 saturated carbocycles. The van der Waals surface area contributed by atoms with E-state index in [1.54, 1.807) is 6.07 Å². The number of aromatic nitrogens is 4. The highest BCUT2D eigenvalue weighted by atomic mass is 79.9. The first-order valence-electron chi connectivity index (χ1n) is 8.23. The number of nitrogens with zero attached hydrogens (tertiary/aromatic N) is 3. The van der Waals surface area contributed by atoms with Crippen molar-refractivity contribution in [1.29, 1.82) is 0 Å². The molecule has 1 atom stereocenters. The van der Waals surface area contributed by atoms with Crippen molar-refractivity contribution in [3.8, 4) is 11.3 Å². The highest BCUT2D eigenvalue weighted by Crippen LogP contribution is 2.21. The maximum atomic E-state index is 12.5. The Morgan fingerprint density at radius 2 is 2.16 bits per heavy atom. The number of halogens is 1. The van der Waals surface area contributed by atoms with Crippen LogP contribution in [0.25, 0.3) is 11.3 Å². The predicted molar refractivity (Wildman–Crippen MR) is 98.3 cm³/mol. The lowest BCUT2D eigenvalue weighted by Gasteiger charge is -2.24. The maximum Gasteiger partial charge on any atom is 0.269 e. The van der Waals surface area contributed by atoms with Gasteiger partial charge in [-0.2, -0.15) is 5.10 Å².